The molecule has 0 radical (unpaired) electrons. The van der Waals surface area contributed by atoms with Crippen LogP contribution in [0.15, 0.2) is 89.9 Å². The van der Waals surface area contributed by atoms with E-state index < -0.39 is 5.97 Å². The SMILES string of the molecule is CCCCCCc1cn(-c2ccccc2)c(=O)n1Cc1ccc(-c2ccccc2C(=O)O)cc1. The Bertz CT molecular complexity index is 1300. The molecule has 5 heteroatoms. The fourth-order valence-electron chi connectivity index (χ4n) is 4.30. The van der Waals surface area contributed by atoms with Crippen LogP contribution in [-0.4, -0.2) is 20.2 Å². The zero-order valence-corrected chi connectivity index (χ0v) is 19.5. The van der Waals surface area contributed by atoms with E-state index in [1.807, 2.05) is 77.5 Å². The molecule has 174 valence electrons. The predicted octanol–water partition coefficient (Wildman–Crippen LogP) is 6.18. The average Bonchev–Trinajstić information content (AvgIpc) is 3.18. The molecule has 1 aromatic heterocycles. The van der Waals surface area contributed by atoms with Crippen LogP contribution in [0.2, 0.25) is 0 Å². The Labute approximate surface area is 199 Å². The number of nitrogens with zero attached hydrogens (tertiary/aromatic N) is 2. The topological polar surface area (TPSA) is 64.2 Å². The lowest BCUT2D eigenvalue weighted by Crippen LogP contribution is -2.24. The Hall–Kier alpha value is -3.86. The number of rotatable bonds is 10. The van der Waals surface area contributed by atoms with Gasteiger partial charge >= 0.3 is 11.7 Å². The highest BCUT2D eigenvalue weighted by atomic mass is 16.4. The second kappa shape index (κ2) is 10.8. The summed E-state index contributed by atoms with van der Waals surface area (Å²) in [6.07, 6.45) is 7.41. The standard InChI is InChI=1S/C29H30N2O3/c1-2-3-4-6-13-25-21-31(24-11-7-5-8-12-24)29(34)30(25)20-22-16-18-23(19-17-22)26-14-9-10-15-27(26)28(32)33/h5,7-12,14-19,21H,2-4,6,13,20H2,1H3,(H,32,33). The lowest BCUT2D eigenvalue weighted by atomic mass is 9.99. The summed E-state index contributed by atoms with van der Waals surface area (Å²) in [7, 11) is 0. The number of unbranched alkanes of at least 4 members (excludes halogenated alkanes) is 3. The van der Waals surface area contributed by atoms with Crippen LogP contribution in [0.25, 0.3) is 16.8 Å². The third-order valence-corrected chi connectivity index (χ3v) is 6.15. The third kappa shape index (κ3) is 5.20. The summed E-state index contributed by atoms with van der Waals surface area (Å²) in [6, 6.07) is 24.5. The summed E-state index contributed by atoms with van der Waals surface area (Å²) in [6.45, 7) is 2.67. The van der Waals surface area contributed by atoms with Gasteiger partial charge in [0.2, 0.25) is 0 Å². The van der Waals surface area contributed by atoms with Crippen molar-refractivity contribution in [2.24, 2.45) is 0 Å². The van der Waals surface area contributed by atoms with Gasteiger partial charge in [-0.3, -0.25) is 9.13 Å². The third-order valence-electron chi connectivity index (χ3n) is 6.15. The van der Waals surface area contributed by atoms with Gasteiger partial charge in [0.15, 0.2) is 0 Å². The van der Waals surface area contributed by atoms with Crippen molar-refractivity contribution in [3.8, 4) is 16.8 Å². The fourth-order valence-corrected chi connectivity index (χ4v) is 4.30. The number of carbonyl (C=O) groups is 1. The van der Waals surface area contributed by atoms with Crippen LogP contribution in [0.5, 0.6) is 0 Å². The van der Waals surface area contributed by atoms with Crippen LogP contribution in [0, 0.1) is 0 Å². The molecule has 0 fully saturated rings. The number of aromatic nitrogens is 2. The van der Waals surface area contributed by atoms with E-state index in [0.717, 1.165) is 41.8 Å². The maximum atomic E-state index is 13.4. The molecule has 34 heavy (non-hydrogen) atoms. The van der Waals surface area contributed by atoms with Gasteiger partial charge in [0.25, 0.3) is 0 Å². The first-order chi connectivity index (χ1) is 16.6. The molecule has 0 atom stereocenters. The number of aryl methyl sites for hydroxylation is 1. The van der Waals surface area contributed by atoms with Crippen LogP contribution < -0.4 is 5.69 Å². The highest BCUT2D eigenvalue weighted by Gasteiger charge is 2.14. The van der Waals surface area contributed by atoms with Crippen molar-refractivity contribution < 1.29 is 9.90 Å². The lowest BCUT2D eigenvalue weighted by molar-refractivity contribution is 0.0697. The van der Waals surface area contributed by atoms with Gasteiger partial charge in [-0.15, -0.1) is 0 Å². The molecular formula is C29H30N2O3. The second-order valence-electron chi connectivity index (χ2n) is 8.55. The molecule has 0 amide bonds. The van der Waals surface area contributed by atoms with Crippen LogP contribution in [0.3, 0.4) is 0 Å². The number of hydrogen-bond acceptors (Lipinski definition) is 2. The van der Waals surface area contributed by atoms with Crippen molar-refractivity contribution in [2.45, 2.75) is 45.6 Å². The maximum absolute atomic E-state index is 13.4. The minimum Gasteiger partial charge on any atom is -0.478 e. The number of benzene rings is 3. The van der Waals surface area contributed by atoms with Crippen LogP contribution in [-0.2, 0) is 13.0 Å². The van der Waals surface area contributed by atoms with Crippen molar-refractivity contribution in [1.82, 2.24) is 9.13 Å². The summed E-state index contributed by atoms with van der Waals surface area (Å²) >= 11 is 0. The first-order valence-corrected chi connectivity index (χ1v) is 11.9. The zero-order valence-electron chi connectivity index (χ0n) is 19.5. The molecule has 1 N–H and O–H groups in total. The summed E-state index contributed by atoms with van der Waals surface area (Å²) in [4.78, 5) is 24.9. The predicted molar refractivity (Wildman–Crippen MR) is 136 cm³/mol. The molecule has 0 spiro atoms. The van der Waals surface area contributed by atoms with E-state index in [1.165, 1.54) is 12.8 Å². The first kappa shape index (κ1) is 23.3. The lowest BCUT2D eigenvalue weighted by Gasteiger charge is -2.10. The van der Waals surface area contributed by atoms with E-state index in [-0.39, 0.29) is 11.3 Å². The molecular weight excluding hydrogens is 424 g/mol. The van der Waals surface area contributed by atoms with Gasteiger partial charge in [-0.05, 0) is 47.7 Å². The Kier molecular flexibility index (Phi) is 7.43. The summed E-state index contributed by atoms with van der Waals surface area (Å²) in [5.41, 5.74) is 4.66. The smallest absolute Gasteiger partial charge is 0.336 e. The molecule has 1 heterocycles. The quantitative estimate of drug-likeness (QED) is 0.291. The van der Waals surface area contributed by atoms with Crippen LogP contribution in [0.4, 0.5) is 0 Å². The number of carboxylic acid groups (broad SMARTS) is 1. The van der Waals surface area contributed by atoms with Gasteiger partial charge < -0.3 is 5.11 Å². The normalized spacial score (nSPS) is 11.0. The molecule has 4 aromatic rings. The van der Waals surface area contributed by atoms with Gasteiger partial charge in [0.05, 0.1) is 17.8 Å². The second-order valence-corrected chi connectivity index (χ2v) is 8.55. The molecule has 4 rings (SSSR count). The van der Waals surface area contributed by atoms with Crippen molar-refractivity contribution in [1.29, 1.82) is 0 Å². The van der Waals surface area contributed by atoms with E-state index in [2.05, 4.69) is 6.92 Å². The molecule has 0 aliphatic rings. The average molecular weight is 455 g/mol. The minimum atomic E-state index is -0.943. The molecule has 0 saturated carbocycles. The number of aromatic carboxylic acids is 1. The Morgan fingerprint density at radius 3 is 2.26 bits per heavy atom. The summed E-state index contributed by atoms with van der Waals surface area (Å²) < 4.78 is 3.59. The molecule has 0 aliphatic carbocycles. The summed E-state index contributed by atoms with van der Waals surface area (Å²) in [5.74, 6) is -0.943. The van der Waals surface area contributed by atoms with E-state index in [1.54, 1.807) is 16.7 Å². The molecule has 0 aliphatic heterocycles. The van der Waals surface area contributed by atoms with Crippen molar-refractivity contribution >= 4 is 5.97 Å². The zero-order chi connectivity index (χ0) is 23.9. The molecule has 0 bridgehead atoms. The van der Waals surface area contributed by atoms with Crippen molar-refractivity contribution in [3.63, 3.8) is 0 Å². The van der Waals surface area contributed by atoms with Gasteiger partial charge in [0, 0.05) is 11.9 Å². The van der Waals surface area contributed by atoms with E-state index in [9.17, 15) is 14.7 Å². The Morgan fingerprint density at radius 1 is 0.853 bits per heavy atom. The summed E-state index contributed by atoms with van der Waals surface area (Å²) in [5, 5.41) is 9.50. The van der Waals surface area contributed by atoms with E-state index in [4.69, 9.17) is 0 Å². The molecule has 0 saturated heterocycles. The van der Waals surface area contributed by atoms with E-state index in [0.29, 0.717) is 12.1 Å². The molecule has 5 nitrogen and oxygen atoms in total. The van der Waals surface area contributed by atoms with Gasteiger partial charge in [0.1, 0.15) is 0 Å². The monoisotopic (exact) mass is 454 g/mol. The van der Waals surface area contributed by atoms with Crippen molar-refractivity contribution in [2.75, 3.05) is 0 Å². The number of imidazole rings is 1. The Morgan fingerprint density at radius 2 is 1.56 bits per heavy atom. The maximum Gasteiger partial charge on any atom is 0.336 e. The Balaban J connectivity index is 1.63. The van der Waals surface area contributed by atoms with Gasteiger partial charge in [-0.2, -0.15) is 0 Å². The van der Waals surface area contributed by atoms with Crippen molar-refractivity contribution in [3.05, 3.63) is 112 Å². The van der Waals surface area contributed by atoms with Crippen LogP contribution >= 0.6 is 0 Å². The molecule has 0 unspecified atom stereocenters. The van der Waals surface area contributed by atoms with Gasteiger partial charge in [-0.25, -0.2) is 9.59 Å². The van der Waals surface area contributed by atoms with E-state index >= 15 is 0 Å². The molecule has 3 aromatic carbocycles. The minimum absolute atomic E-state index is 0.0445. The number of para-hydroxylation sites is 1. The highest BCUT2D eigenvalue weighted by Crippen LogP contribution is 2.24. The number of carboxylic acids is 1. The van der Waals surface area contributed by atoms with Gasteiger partial charge in [-0.1, -0.05) is 86.8 Å². The largest absolute Gasteiger partial charge is 0.478 e. The highest BCUT2D eigenvalue weighted by molar-refractivity contribution is 5.95. The number of hydrogen-bond donors (Lipinski definition) is 1. The van der Waals surface area contributed by atoms with Crippen LogP contribution in [0.1, 0.15) is 54.2 Å². The fraction of sp³-hybridized carbons (Fsp3) is 0.241. The first-order valence-electron chi connectivity index (χ1n) is 11.9.